The van der Waals surface area contributed by atoms with Gasteiger partial charge >= 0.3 is 11.8 Å². The van der Waals surface area contributed by atoms with Gasteiger partial charge in [0.1, 0.15) is 12.7 Å². The van der Waals surface area contributed by atoms with Crippen LogP contribution in [0.15, 0.2) is 12.7 Å². The predicted octanol–water partition coefficient (Wildman–Crippen LogP) is -1.11. The summed E-state index contributed by atoms with van der Waals surface area (Å²) in [7, 11) is 0. The van der Waals surface area contributed by atoms with Gasteiger partial charge in [0, 0.05) is 19.8 Å². The molecule has 0 saturated carbocycles. The van der Waals surface area contributed by atoms with Crippen LogP contribution in [-0.4, -0.2) is 46.4 Å². The van der Waals surface area contributed by atoms with Crippen LogP contribution in [0.4, 0.5) is 0 Å². The van der Waals surface area contributed by atoms with E-state index >= 15 is 0 Å². The molecule has 0 aliphatic rings. The first kappa shape index (κ1) is 13.1. The Bertz CT molecular complexity index is 352. The Morgan fingerprint density at radius 2 is 2.00 bits per heavy atom. The lowest BCUT2D eigenvalue weighted by Gasteiger charge is -2.06. The summed E-state index contributed by atoms with van der Waals surface area (Å²) in [5.41, 5.74) is 2.28. The van der Waals surface area contributed by atoms with E-state index in [0.717, 1.165) is 0 Å². The second kappa shape index (κ2) is 7.34. The molecule has 0 atom stereocenters. The highest BCUT2D eigenvalue weighted by molar-refractivity contribution is 6.38. The van der Waals surface area contributed by atoms with Crippen LogP contribution in [0, 0.1) is 0 Å². The Kier molecular flexibility index (Phi) is 5.66. The van der Waals surface area contributed by atoms with Gasteiger partial charge < -0.3 is 10.1 Å². The normalized spacial score (nSPS) is 9.94. The molecule has 0 unspecified atom stereocenters. The van der Waals surface area contributed by atoms with Crippen molar-refractivity contribution in [3.05, 3.63) is 12.7 Å². The molecule has 1 aromatic heterocycles. The molecule has 1 rings (SSSR count). The minimum absolute atomic E-state index is 0.397. The van der Waals surface area contributed by atoms with Crippen LogP contribution in [-0.2, 0) is 14.3 Å². The molecule has 94 valence electrons. The molecule has 0 fully saturated rings. The fourth-order valence-corrected chi connectivity index (χ4v) is 1.03. The molecule has 0 bridgehead atoms. The third kappa shape index (κ3) is 5.07. The van der Waals surface area contributed by atoms with Crippen molar-refractivity contribution in [2.75, 3.05) is 25.2 Å². The lowest BCUT2D eigenvalue weighted by atomic mass is 10.4. The minimum atomic E-state index is -0.763. The summed E-state index contributed by atoms with van der Waals surface area (Å²) >= 11 is 0. The topological polar surface area (TPSA) is 98.1 Å². The summed E-state index contributed by atoms with van der Waals surface area (Å²) in [6.07, 6.45) is 3.22. The molecular weight excluding hydrogens is 226 g/mol. The summed E-state index contributed by atoms with van der Waals surface area (Å²) in [6.45, 7) is 3.49. The average Bonchev–Trinajstić information content (AvgIpc) is 2.81. The highest BCUT2D eigenvalue weighted by Crippen LogP contribution is 1.81. The number of nitrogens with one attached hydrogen (secondary N) is 2. The average molecular weight is 241 g/mol. The number of hydrogen-bond donors (Lipinski definition) is 2. The number of amides is 2. The Labute approximate surface area is 98.3 Å². The van der Waals surface area contributed by atoms with Crippen LogP contribution in [0.3, 0.4) is 0 Å². The first-order valence-corrected chi connectivity index (χ1v) is 5.25. The summed E-state index contributed by atoms with van der Waals surface area (Å²) in [4.78, 5) is 22.6. The standard InChI is InChI=1S/C9H15N5O3/c1-2-17-5-3-4-10-8(15)9(16)13-14-6-11-12-7-14/h6-7H,2-5H2,1H3,(H,10,15)(H,13,16). The fraction of sp³-hybridized carbons (Fsp3) is 0.556. The molecule has 17 heavy (non-hydrogen) atoms. The molecule has 8 heteroatoms. The summed E-state index contributed by atoms with van der Waals surface area (Å²) in [5, 5.41) is 9.43. The van der Waals surface area contributed by atoms with Crippen molar-refractivity contribution in [1.29, 1.82) is 0 Å². The van der Waals surface area contributed by atoms with Crippen molar-refractivity contribution in [3.63, 3.8) is 0 Å². The van der Waals surface area contributed by atoms with Crippen LogP contribution < -0.4 is 10.7 Å². The SMILES string of the molecule is CCOCCCNC(=O)C(=O)Nn1cnnc1. The maximum Gasteiger partial charge on any atom is 0.328 e. The zero-order chi connectivity index (χ0) is 12.5. The highest BCUT2D eigenvalue weighted by atomic mass is 16.5. The molecule has 0 aliphatic heterocycles. The quantitative estimate of drug-likeness (QED) is 0.486. The third-order valence-electron chi connectivity index (χ3n) is 1.81. The van der Waals surface area contributed by atoms with E-state index < -0.39 is 11.8 Å². The maximum atomic E-state index is 11.3. The van der Waals surface area contributed by atoms with Gasteiger partial charge in [0.15, 0.2) is 0 Å². The van der Waals surface area contributed by atoms with Crippen LogP contribution in [0.25, 0.3) is 0 Å². The van der Waals surface area contributed by atoms with Gasteiger partial charge in [-0.05, 0) is 13.3 Å². The van der Waals surface area contributed by atoms with E-state index in [-0.39, 0.29) is 0 Å². The van der Waals surface area contributed by atoms with E-state index in [4.69, 9.17) is 4.74 Å². The van der Waals surface area contributed by atoms with Gasteiger partial charge in [-0.1, -0.05) is 0 Å². The summed E-state index contributed by atoms with van der Waals surface area (Å²) in [6, 6.07) is 0. The Balaban J connectivity index is 2.16. The number of ether oxygens (including phenoxy) is 1. The van der Waals surface area contributed by atoms with Crippen molar-refractivity contribution in [2.24, 2.45) is 0 Å². The van der Waals surface area contributed by atoms with Gasteiger partial charge in [0.05, 0.1) is 0 Å². The molecule has 0 aliphatic carbocycles. The van der Waals surface area contributed by atoms with Crippen LogP contribution in [0.1, 0.15) is 13.3 Å². The molecular formula is C9H15N5O3. The zero-order valence-corrected chi connectivity index (χ0v) is 9.55. The van der Waals surface area contributed by atoms with Crippen LogP contribution in [0.2, 0.25) is 0 Å². The van der Waals surface area contributed by atoms with Gasteiger partial charge in [-0.3, -0.25) is 15.0 Å². The maximum absolute atomic E-state index is 11.3. The van der Waals surface area contributed by atoms with Gasteiger partial charge in [-0.25, -0.2) is 4.68 Å². The molecule has 0 radical (unpaired) electrons. The third-order valence-corrected chi connectivity index (χ3v) is 1.81. The van der Waals surface area contributed by atoms with Crippen molar-refractivity contribution < 1.29 is 14.3 Å². The minimum Gasteiger partial charge on any atom is -0.382 e. The number of carbonyl (C=O) groups excluding carboxylic acids is 2. The second-order valence-corrected chi connectivity index (χ2v) is 3.12. The number of nitrogens with zero attached hydrogens (tertiary/aromatic N) is 3. The van der Waals surface area contributed by atoms with Gasteiger partial charge in [0.2, 0.25) is 0 Å². The van der Waals surface area contributed by atoms with Crippen molar-refractivity contribution in [1.82, 2.24) is 20.2 Å². The van der Waals surface area contributed by atoms with Gasteiger partial charge in [-0.2, -0.15) is 0 Å². The van der Waals surface area contributed by atoms with Crippen LogP contribution in [0.5, 0.6) is 0 Å². The largest absolute Gasteiger partial charge is 0.382 e. The van der Waals surface area contributed by atoms with Gasteiger partial charge in [0.25, 0.3) is 0 Å². The van der Waals surface area contributed by atoms with Crippen molar-refractivity contribution in [3.8, 4) is 0 Å². The highest BCUT2D eigenvalue weighted by Gasteiger charge is 2.12. The van der Waals surface area contributed by atoms with E-state index in [0.29, 0.717) is 26.2 Å². The Morgan fingerprint density at radius 1 is 1.29 bits per heavy atom. The second-order valence-electron chi connectivity index (χ2n) is 3.12. The number of rotatable bonds is 6. The van der Waals surface area contributed by atoms with Crippen LogP contribution >= 0.6 is 0 Å². The predicted molar refractivity (Wildman–Crippen MR) is 58.5 cm³/mol. The van der Waals surface area contributed by atoms with E-state index in [1.165, 1.54) is 17.3 Å². The smallest absolute Gasteiger partial charge is 0.328 e. The first-order valence-electron chi connectivity index (χ1n) is 5.25. The summed E-state index contributed by atoms with van der Waals surface area (Å²) in [5.74, 6) is -1.46. The Hall–Kier alpha value is -1.96. The number of hydrogen-bond acceptors (Lipinski definition) is 5. The molecule has 0 spiro atoms. The molecule has 2 amide bonds. The van der Waals surface area contributed by atoms with Crippen molar-refractivity contribution in [2.45, 2.75) is 13.3 Å². The molecule has 0 aromatic carbocycles. The summed E-state index contributed by atoms with van der Waals surface area (Å²) < 4.78 is 6.29. The zero-order valence-electron chi connectivity index (χ0n) is 9.55. The molecule has 1 heterocycles. The Morgan fingerprint density at radius 3 is 2.65 bits per heavy atom. The van der Waals surface area contributed by atoms with E-state index in [2.05, 4.69) is 20.9 Å². The van der Waals surface area contributed by atoms with E-state index in [9.17, 15) is 9.59 Å². The van der Waals surface area contributed by atoms with Crippen molar-refractivity contribution >= 4 is 11.8 Å². The van der Waals surface area contributed by atoms with E-state index in [1.54, 1.807) is 0 Å². The lowest BCUT2D eigenvalue weighted by molar-refractivity contribution is -0.136. The number of carbonyl (C=O) groups is 2. The first-order chi connectivity index (χ1) is 8.24. The molecule has 2 N–H and O–H groups in total. The molecule has 1 aromatic rings. The molecule has 0 saturated heterocycles. The monoisotopic (exact) mass is 241 g/mol. The van der Waals surface area contributed by atoms with Gasteiger partial charge in [-0.15, -0.1) is 10.2 Å². The number of aromatic nitrogens is 3. The van der Waals surface area contributed by atoms with E-state index in [1.807, 2.05) is 6.92 Å². The molecule has 8 nitrogen and oxygen atoms in total. The lowest BCUT2D eigenvalue weighted by Crippen LogP contribution is -2.39. The fourth-order valence-electron chi connectivity index (χ4n) is 1.03.